The van der Waals surface area contributed by atoms with Crippen LogP contribution in [-0.4, -0.2) is 42.2 Å². The van der Waals surface area contributed by atoms with E-state index in [2.05, 4.69) is 10.3 Å². The van der Waals surface area contributed by atoms with Gasteiger partial charge in [0.05, 0.1) is 10.6 Å². The molecule has 0 bridgehead atoms. The zero-order valence-corrected chi connectivity index (χ0v) is 11.8. The van der Waals surface area contributed by atoms with Crippen molar-refractivity contribution in [3.63, 3.8) is 0 Å². The summed E-state index contributed by atoms with van der Waals surface area (Å²) in [5.41, 5.74) is 0.115. The van der Waals surface area contributed by atoms with Gasteiger partial charge in [-0.3, -0.25) is 0 Å². The van der Waals surface area contributed by atoms with Gasteiger partial charge in [-0.2, -0.15) is 0 Å². The Hall–Kier alpha value is -0.750. The summed E-state index contributed by atoms with van der Waals surface area (Å²) in [7, 11) is 0. The first-order chi connectivity index (χ1) is 7.68. The zero-order valence-electron chi connectivity index (χ0n) is 9.43. The van der Waals surface area contributed by atoms with Crippen molar-refractivity contribution in [3.8, 4) is 0 Å². The maximum Gasteiger partial charge on any atom is 0.337 e. The number of carbonyl (C=O) groups is 1. The average molecular weight is 315 g/mol. The van der Waals surface area contributed by atoms with Gasteiger partial charge in [0.1, 0.15) is 5.82 Å². The number of aromatic nitrogens is 1. The molecule has 1 aromatic heterocycles. The van der Waals surface area contributed by atoms with Crippen LogP contribution >= 0.6 is 36.4 Å². The van der Waals surface area contributed by atoms with Crippen molar-refractivity contribution in [3.05, 3.63) is 22.8 Å². The van der Waals surface area contributed by atoms with Gasteiger partial charge < -0.3 is 15.3 Å². The number of carboxylic acid groups (broad SMARTS) is 1. The third kappa shape index (κ3) is 3.88. The molecule has 0 radical (unpaired) electrons. The molecule has 102 valence electrons. The summed E-state index contributed by atoms with van der Waals surface area (Å²) in [6, 6.07) is 1.44. The lowest BCUT2D eigenvalue weighted by Crippen LogP contribution is -2.44. The van der Waals surface area contributed by atoms with Crippen LogP contribution in [0.15, 0.2) is 12.3 Å². The van der Waals surface area contributed by atoms with Crippen molar-refractivity contribution in [1.82, 2.24) is 10.3 Å². The minimum Gasteiger partial charge on any atom is -0.478 e. The molecule has 0 aliphatic carbocycles. The Kier molecular flexibility index (Phi) is 7.32. The first-order valence-corrected chi connectivity index (χ1v) is 5.41. The number of halogens is 3. The molecule has 0 aromatic carbocycles. The lowest BCUT2D eigenvalue weighted by Gasteiger charge is -2.29. The number of anilines is 1. The van der Waals surface area contributed by atoms with Crippen molar-refractivity contribution in [1.29, 1.82) is 0 Å². The lowest BCUT2D eigenvalue weighted by molar-refractivity contribution is 0.0696. The summed E-state index contributed by atoms with van der Waals surface area (Å²) in [5.74, 6) is -0.352. The highest BCUT2D eigenvalue weighted by atomic mass is 35.5. The number of pyridine rings is 1. The van der Waals surface area contributed by atoms with Crippen LogP contribution < -0.4 is 10.2 Å². The second kappa shape index (κ2) is 7.63. The predicted molar refractivity (Wildman–Crippen MR) is 75.8 cm³/mol. The van der Waals surface area contributed by atoms with E-state index in [0.29, 0.717) is 10.8 Å². The van der Waals surface area contributed by atoms with Gasteiger partial charge in [0.15, 0.2) is 0 Å². The van der Waals surface area contributed by atoms with Crippen LogP contribution in [0.5, 0.6) is 0 Å². The van der Waals surface area contributed by atoms with Gasteiger partial charge in [0.2, 0.25) is 0 Å². The third-order valence-electron chi connectivity index (χ3n) is 2.49. The van der Waals surface area contributed by atoms with E-state index < -0.39 is 5.97 Å². The number of hydrogen-bond acceptors (Lipinski definition) is 4. The van der Waals surface area contributed by atoms with Crippen LogP contribution in [0.2, 0.25) is 5.02 Å². The number of hydrogen-bond donors (Lipinski definition) is 2. The van der Waals surface area contributed by atoms with Gasteiger partial charge in [-0.05, 0) is 6.07 Å². The fourth-order valence-electron chi connectivity index (χ4n) is 1.66. The van der Waals surface area contributed by atoms with E-state index in [4.69, 9.17) is 16.7 Å². The van der Waals surface area contributed by atoms with Crippen molar-refractivity contribution in [2.45, 2.75) is 0 Å². The van der Waals surface area contributed by atoms with Crippen molar-refractivity contribution in [2.24, 2.45) is 0 Å². The lowest BCUT2D eigenvalue weighted by atomic mass is 10.2. The maximum atomic E-state index is 10.7. The quantitative estimate of drug-likeness (QED) is 0.869. The van der Waals surface area contributed by atoms with E-state index in [9.17, 15) is 4.79 Å². The van der Waals surface area contributed by atoms with E-state index in [1.807, 2.05) is 4.90 Å². The van der Waals surface area contributed by atoms with E-state index >= 15 is 0 Å². The Balaban J connectivity index is 0.00000144. The van der Waals surface area contributed by atoms with Crippen molar-refractivity contribution < 1.29 is 9.90 Å². The van der Waals surface area contributed by atoms with Crippen LogP contribution in [0.3, 0.4) is 0 Å². The number of nitrogens with zero attached hydrogens (tertiary/aromatic N) is 2. The molecule has 1 aliphatic heterocycles. The number of aromatic carboxylic acids is 1. The van der Waals surface area contributed by atoms with Crippen LogP contribution in [0, 0.1) is 0 Å². The van der Waals surface area contributed by atoms with Crippen LogP contribution in [0.1, 0.15) is 10.4 Å². The number of piperazine rings is 1. The molecule has 0 amide bonds. The minimum absolute atomic E-state index is 0. The molecule has 0 spiro atoms. The molecule has 1 aromatic rings. The standard InChI is InChI=1S/C10H12ClN3O2.2ClH/c11-8-5-7(10(15)16)6-13-9(8)14-3-1-12-2-4-14;;/h5-6,12H,1-4H2,(H,15,16);2*1H. The SMILES string of the molecule is Cl.Cl.O=C(O)c1cnc(N2CCNCC2)c(Cl)c1. The van der Waals surface area contributed by atoms with Gasteiger partial charge in [0.25, 0.3) is 0 Å². The average Bonchev–Trinajstić information content (AvgIpc) is 2.30. The van der Waals surface area contributed by atoms with Gasteiger partial charge >= 0.3 is 5.97 Å². The van der Waals surface area contributed by atoms with Crippen molar-refractivity contribution in [2.75, 3.05) is 31.1 Å². The smallest absolute Gasteiger partial charge is 0.337 e. The summed E-state index contributed by atoms with van der Waals surface area (Å²) >= 11 is 6.02. The predicted octanol–water partition coefficient (Wildman–Crippen LogP) is 1.69. The highest BCUT2D eigenvalue weighted by Crippen LogP contribution is 2.24. The van der Waals surface area contributed by atoms with Crippen LogP contribution in [0.4, 0.5) is 5.82 Å². The Bertz CT molecular complexity index is 411. The highest BCUT2D eigenvalue weighted by Gasteiger charge is 2.16. The maximum absolute atomic E-state index is 10.7. The number of nitrogens with one attached hydrogen (secondary N) is 1. The number of rotatable bonds is 2. The summed E-state index contributed by atoms with van der Waals surface area (Å²) in [4.78, 5) is 16.9. The Labute approximate surface area is 122 Å². The van der Waals surface area contributed by atoms with E-state index in [0.717, 1.165) is 26.2 Å². The minimum atomic E-state index is -1.01. The summed E-state index contributed by atoms with van der Waals surface area (Å²) in [5, 5.41) is 12.4. The summed E-state index contributed by atoms with van der Waals surface area (Å²) in [6.45, 7) is 3.44. The molecule has 8 heteroatoms. The first-order valence-electron chi connectivity index (χ1n) is 5.03. The highest BCUT2D eigenvalue weighted by molar-refractivity contribution is 6.33. The molecule has 2 rings (SSSR count). The number of carboxylic acids is 1. The van der Waals surface area contributed by atoms with Crippen LogP contribution in [0.25, 0.3) is 0 Å². The fourth-order valence-corrected chi connectivity index (χ4v) is 1.94. The van der Waals surface area contributed by atoms with E-state index in [-0.39, 0.29) is 30.4 Å². The van der Waals surface area contributed by atoms with Gasteiger partial charge in [-0.1, -0.05) is 11.6 Å². The normalized spacial score (nSPS) is 14.4. The Morgan fingerprint density at radius 1 is 1.39 bits per heavy atom. The molecule has 1 saturated heterocycles. The fraction of sp³-hybridized carbons (Fsp3) is 0.400. The Morgan fingerprint density at radius 2 is 2.00 bits per heavy atom. The molecular weight excluding hydrogens is 300 g/mol. The molecule has 1 fully saturated rings. The molecule has 5 nitrogen and oxygen atoms in total. The molecule has 2 N–H and O–H groups in total. The largest absolute Gasteiger partial charge is 0.478 e. The zero-order chi connectivity index (χ0) is 11.5. The molecule has 0 saturated carbocycles. The summed E-state index contributed by atoms with van der Waals surface area (Å²) < 4.78 is 0. The molecule has 1 aliphatic rings. The monoisotopic (exact) mass is 313 g/mol. The molecular formula is C10H14Cl3N3O2. The van der Waals surface area contributed by atoms with Gasteiger partial charge in [0, 0.05) is 32.4 Å². The summed E-state index contributed by atoms with van der Waals surface area (Å²) in [6.07, 6.45) is 1.34. The topological polar surface area (TPSA) is 65.5 Å². The molecule has 0 unspecified atom stereocenters. The second-order valence-corrected chi connectivity index (χ2v) is 3.98. The van der Waals surface area contributed by atoms with Crippen molar-refractivity contribution >= 4 is 48.2 Å². The van der Waals surface area contributed by atoms with Gasteiger partial charge in [-0.25, -0.2) is 9.78 Å². The molecule has 18 heavy (non-hydrogen) atoms. The molecule has 2 heterocycles. The van der Waals surface area contributed by atoms with E-state index in [1.54, 1.807) is 0 Å². The first kappa shape index (κ1) is 17.2. The van der Waals surface area contributed by atoms with Gasteiger partial charge in [-0.15, -0.1) is 24.8 Å². The van der Waals surface area contributed by atoms with Crippen LogP contribution in [-0.2, 0) is 0 Å². The Morgan fingerprint density at radius 3 is 2.50 bits per heavy atom. The second-order valence-electron chi connectivity index (χ2n) is 3.57. The molecule has 0 atom stereocenters. The third-order valence-corrected chi connectivity index (χ3v) is 2.76. The van der Waals surface area contributed by atoms with E-state index in [1.165, 1.54) is 12.3 Å².